The lowest BCUT2D eigenvalue weighted by Crippen LogP contribution is -2.10. The van der Waals surface area contributed by atoms with Crippen molar-refractivity contribution in [2.24, 2.45) is 0 Å². The van der Waals surface area contributed by atoms with Crippen molar-refractivity contribution in [3.8, 4) is 11.5 Å². The minimum atomic E-state index is -4.42. The molecule has 0 amide bonds. The lowest BCUT2D eigenvalue weighted by atomic mass is 9.97. The third-order valence-corrected chi connectivity index (χ3v) is 4.08. The van der Waals surface area contributed by atoms with Crippen LogP contribution in [0.1, 0.15) is 21.5 Å². The first-order valence-corrected chi connectivity index (χ1v) is 7.90. The van der Waals surface area contributed by atoms with Gasteiger partial charge in [0.05, 0.1) is 19.8 Å². The normalized spacial score (nSPS) is 11.2. The Morgan fingerprint density at radius 1 is 1.00 bits per heavy atom. The summed E-state index contributed by atoms with van der Waals surface area (Å²) in [6.07, 6.45) is 0. The third kappa shape index (κ3) is 4.23. The number of rotatable bonds is 6. The van der Waals surface area contributed by atoms with E-state index < -0.39 is 17.0 Å². The van der Waals surface area contributed by atoms with Crippen LogP contribution in [-0.2, 0) is 5.75 Å². The molecule has 0 N–H and O–H groups in total. The molecule has 24 heavy (non-hydrogen) atoms. The van der Waals surface area contributed by atoms with Crippen molar-refractivity contribution in [3.63, 3.8) is 0 Å². The summed E-state index contributed by atoms with van der Waals surface area (Å²) < 4.78 is 48.2. The van der Waals surface area contributed by atoms with Crippen LogP contribution in [0.2, 0.25) is 0 Å². The van der Waals surface area contributed by atoms with Crippen molar-refractivity contribution in [3.05, 3.63) is 59.2 Å². The second-order valence-corrected chi connectivity index (χ2v) is 5.79. The Kier molecular flexibility index (Phi) is 5.77. The number of halogens is 3. The van der Waals surface area contributed by atoms with Gasteiger partial charge in [0.1, 0.15) is 11.5 Å². The number of ketones is 1. The second-order valence-electron chi connectivity index (χ2n) is 4.75. The van der Waals surface area contributed by atoms with Gasteiger partial charge in [-0.3, -0.25) is 4.79 Å². The molecule has 0 radical (unpaired) electrons. The van der Waals surface area contributed by atoms with E-state index in [1.807, 2.05) is 0 Å². The van der Waals surface area contributed by atoms with E-state index >= 15 is 0 Å². The largest absolute Gasteiger partial charge is 0.496 e. The van der Waals surface area contributed by atoms with Crippen LogP contribution >= 0.6 is 11.8 Å². The van der Waals surface area contributed by atoms with Gasteiger partial charge in [-0.25, -0.2) is 0 Å². The molecule has 7 heteroatoms. The van der Waals surface area contributed by atoms with Crippen LogP contribution in [0.5, 0.6) is 11.5 Å². The van der Waals surface area contributed by atoms with Gasteiger partial charge in [0.15, 0.2) is 5.78 Å². The zero-order valence-electron chi connectivity index (χ0n) is 13.0. The Bertz CT molecular complexity index is 715. The molecule has 0 heterocycles. The van der Waals surface area contributed by atoms with E-state index in [2.05, 4.69) is 0 Å². The van der Waals surface area contributed by atoms with E-state index in [-0.39, 0.29) is 34.4 Å². The van der Waals surface area contributed by atoms with Gasteiger partial charge in [0.2, 0.25) is 0 Å². The maximum atomic E-state index is 12.8. The van der Waals surface area contributed by atoms with Crippen LogP contribution in [-0.4, -0.2) is 25.5 Å². The van der Waals surface area contributed by atoms with Gasteiger partial charge in [0.25, 0.3) is 0 Å². The minimum Gasteiger partial charge on any atom is -0.496 e. The number of hydrogen-bond acceptors (Lipinski definition) is 4. The number of hydrogen-bond donors (Lipinski definition) is 0. The third-order valence-electron chi connectivity index (χ3n) is 3.31. The monoisotopic (exact) mass is 356 g/mol. The number of ether oxygens (including phenoxy) is 2. The quantitative estimate of drug-likeness (QED) is 0.704. The molecule has 0 fully saturated rings. The molecule has 2 aromatic carbocycles. The molecule has 128 valence electrons. The van der Waals surface area contributed by atoms with Crippen LogP contribution < -0.4 is 9.47 Å². The summed E-state index contributed by atoms with van der Waals surface area (Å²) in [6, 6.07) is 11.3. The van der Waals surface area contributed by atoms with E-state index in [4.69, 9.17) is 9.47 Å². The average Bonchev–Trinajstić information content (AvgIpc) is 2.58. The van der Waals surface area contributed by atoms with Gasteiger partial charge >= 0.3 is 5.51 Å². The summed E-state index contributed by atoms with van der Waals surface area (Å²) >= 11 is -0.226. The van der Waals surface area contributed by atoms with Crippen LogP contribution in [0, 0.1) is 0 Å². The molecule has 0 aliphatic heterocycles. The zero-order valence-corrected chi connectivity index (χ0v) is 13.8. The number of thioether (sulfide) groups is 1. The van der Waals surface area contributed by atoms with Crippen LogP contribution in [0.3, 0.4) is 0 Å². The molecule has 0 spiro atoms. The predicted molar refractivity (Wildman–Crippen MR) is 86.8 cm³/mol. The molecule has 0 aliphatic rings. The molecule has 2 aromatic rings. The minimum absolute atomic E-state index is 0.0831. The molecule has 0 atom stereocenters. The molecule has 0 aliphatic carbocycles. The van der Waals surface area contributed by atoms with E-state index in [9.17, 15) is 18.0 Å². The molecule has 0 saturated heterocycles. The fourth-order valence-electron chi connectivity index (χ4n) is 2.25. The summed E-state index contributed by atoms with van der Waals surface area (Å²) in [5.41, 5.74) is -3.81. The highest BCUT2D eigenvalue weighted by Crippen LogP contribution is 2.39. The number of carbonyl (C=O) groups excluding carboxylic acids is 1. The number of alkyl halides is 3. The Labute approximate surface area is 141 Å². The maximum absolute atomic E-state index is 12.8. The smallest absolute Gasteiger partial charge is 0.442 e. The fraction of sp³-hybridized carbons (Fsp3) is 0.235. The molecule has 3 nitrogen and oxygen atoms in total. The van der Waals surface area contributed by atoms with Crippen LogP contribution in [0.15, 0.2) is 42.5 Å². The lowest BCUT2D eigenvalue weighted by Gasteiger charge is -2.17. The Morgan fingerprint density at radius 2 is 1.58 bits per heavy atom. The van der Waals surface area contributed by atoms with Gasteiger partial charge in [0, 0.05) is 16.9 Å². The predicted octanol–water partition coefficient (Wildman–Crippen LogP) is 4.69. The zero-order chi connectivity index (χ0) is 17.7. The van der Waals surface area contributed by atoms with Gasteiger partial charge in [-0.05, 0) is 23.9 Å². The van der Waals surface area contributed by atoms with Crippen molar-refractivity contribution >= 4 is 17.5 Å². The van der Waals surface area contributed by atoms with E-state index in [1.54, 1.807) is 30.3 Å². The first kappa shape index (κ1) is 18.2. The number of carbonyl (C=O) groups is 1. The van der Waals surface area contributed by atoms with Gasteiger partial charge in [-0.2, -0.15) is 13.2 Å². The molecular formula is C17H15F3O3S. The Morgan fingerprint density at radius 3 is 2.12 bits per heavy atom. The first-order valence-electron chi connectivity index (χ1n) is 6.91. The highest BCUT2D eigenvalue weighted by atomic mass is 32.2. The lowest BCUT2D eigenvalue weighted by molar-refractivity contribution is -0.0329. The van der Waals surface area contributed by atoms with Crippen molar-refractivity contribution in [1.29, 1.82) is 0 Å². The highest BCUT2D eigenvalue weighted by Gasteiger charge is 2.31. The Hall–Kier alpha value is -2.15. The molecular weight excluding hydrogens is 341 g/mol. The molecule has 0 aromatic heterocycles. The second kappa shape index (κ2) is 7.61. The molecule has 0 unspecified atom stereocenters. The number of methoxy groups -OCH3 is 2. The van der Waals surface area contributed by atoms with Crippen molar-refractivity contribution in [1.82, 2.24) is 0 Å². The van der Waals surface area contributed by atoms with Gasteiger partial charge in [-0.15, -0.1) is 0 Å². The summed E-state index contributed by atoms with van der Waals surface area (Å²) in [5, 5.41) is 0. The van der Waals surface area contributed by atoms with Crippen LogP contribution in [0.4, 0.5) is 13.2 Å². The van der Waals surface area contributed by atoms with Crippen LogP contribution in [0.25, 0.3) is 0 Å². The van der Waals surface area contributed by atoms with E-state index in [0.717, 1.165) is 0 Å². The molecule has 0 saturated carbocycles. The topological polar surface area (TPSA) is 35.5 Å². The number of benzene rings is 2. The summed E-state index contributed by atoms with van der Waals surface area (Å²) in [4.78, 5) is 12.8. The molecule has 0 bridgehead atoms. The standard InChI is InChI=1S/C17H15F3O3S/c1-22-13-8-9-14(23-2)15(12(13)10-24-17(18,19)20)16(21)11-6-4-3-5-7-11/h3-9H,10H2,1-2H3. The van der Waals surface area contributed by atoms with E-state index in [0.29, 0.717) is 5.56 Å². The van der Waals surface area contributed by atoms with Crippen molar-refractivity contribution in [2.45, 2.75) is 11.3 Å². The molecule has 2 rings (SSSR count). The fourth-order valence-corrected chi connectivity index (χ4v) is 2.84. The van der Waals surface area contributed by atoms with Gasteiger partial charge in [-0.1, -0.05) is 30.3 Å². The van der Waals surface area contributed by atoms with Gasteiger partial charge < -0.3 is 9.47 Å². The van der Waals surface area contributed by atoms with E-state index in [1.165, 1.54) is 26.4 Å². The highest BCUT2D eigenvalue weighted by molar-refractivity contribution is 7.99. The Balaban J connectivity index is 2.56. The summed E-state index contributed by atoms with van der Waals surface area (Å²) in [5.74, 6) is -0.434. The first-order chi connectivity index (χ1) is 11.4. The SMILES string of the molecule is COc1ccc(OC)c(C(=O)c2ccccc2)c1CSC(F)(F)F. The summed E-state index contributed by atoms with van der Waals surface area (Å²) in [7, 11) is 2.71. The van der Waals surface area contributed by atoms with Crippen molar-refractivity contribution < 1.29 is 27.4 Å². The maximum Gasteiger partial charge on any atom is 0.442 e. The average molecular weight is 356 g/mol. The summed E-state index contributed by atoms with van der Waals surface area (Å²) in [6.45, 7) is 0. The van der Waals surface area contributed by atoms with Crippen molar-refractivity contribution in [2.75, 3.05) is 14.2 Å².